The molecule has 0 saturated carbocycles. The van der Waals surface area contributed by atoms with Crippen LogP contribution in [0.1, 0.15) is 10.5 Å². The molecule has 5 heteroatoms. The summed E-state index contributed by atoms with van der Waals surface area (Å²) >= 11 is 5.70. The van der Waals surface area contributed by atoms with Crippen molar-refractivity contribution in [3.63, 3.8) is 0 Å². The van der Waals surface area contributed by atoms with Crippen LogP contribution < -0.4 is 9.47 Å². The summed E-state index contributed by atoms with van der Waals surface area (Å²) in [6.45, 7) is 0. The fourth-order valence-electron chi connectivity index (χ4n) is 1.34. The zero-order chi connectivity index (χ0) is 12.3. The number of esters is 1. The van der Waals surface area contributed by atoms with Crippen molar-refractivity contribution in [2.75, 3.05) is 7.11 Å². The van der Waals surface area contributed by atoms with Crippen LogP contribution in [0.5, 0.6) is 11.5 Å². The van der Waals surface area contributed by atoms with Gasteiger partial charge in [-0.2, -0.15) is 0 Å². The molecule has 1 aromatic heterocycles. The van der Waals surface area contributed by atoms with E-state index in [2.05, 4.69) is 4.98 Å². The number of H-pyrrole nitrogens is 1. The molecule has 17 heavy (non-hydrogen) atoms. The van der Waals surface area contributed by atoms with E-state index in [1.54, 1.807) is 24.3 Å². The third-order valence-corrected chi connectivity index (χ3v) is 2.36. The van der Waals surface area contributed by atoms with Gasteiger partial charge in [-0.15, -0.1) is 0 Å². The van der Waals surface area contributed by atoms with Crippen LogP contribution in [-0.2, 0) is 0 Å². The second kappa shape index (κ2) is 4.93. The maximum absolute atomic E-state index is 11.7. The van der Waals surface area contributed by atoms with Crippen molar-refractivity contribution < 1.29 is 14.3 Å². The van der Waals surface area contributed by atoms with Crippen molar-refractivity contribution in [2.45, 2.75) is 0 Å². The number of hydrogen-bond acceptors (Lipinski definition) is 3. The maximum atomic E-state index is 11.7. The third-order valence-electron chi connectivity index (χ3n) is 2.14. The Kier molecular flexibility index (Phi) is 3.35. The Morgan fingerprint density at radius 2 is 2.00 bits per heavy atom. The molecule has 0 amide bonds. The van der Waals surface area contributed by atoms with Crippen molar-refractivity contribution in [3.8, 4) is 11.5 Å². The average Bonchev–Trinajstić information content (AvgIpc) is 2.77. The Bertz CT molecular complexity index is 536. The van der Waals surface area contributed by atoms with Gasteiger partial charge in [0.15, 0.2) is 11.5 Å². The molecule has 0 unspecified atom stereocenters. The number of ether oxygens (including phenoxy) is 2. The summed E-state index contributed by atoms with van der Waals surface area (Å²) in [5.74, 6) is 0.352. The van der Waals surface area contributed by atoms with E-state index in [9.17, 15) is 4.79 Å². The lowest BCUT2D eigenvalue weighted by Gasteiger charge is -2.07. The first kappa shape index (κ1) is 11.5. The van der Waals surface area contributed by atoms with Crippen molar-refractivity contribution in [3.05, 3.63) is 47.2 Å². The van der Waals surface area contributed by atoms with Gasteiger partial charge in [-0.3, -0.25) is 0 Å². The number of benzene rings is 1. The van der Waals surface area contributed by atoms with Gasteiger partial charge >= 0.3 is 5.97 Å². The Morgan fingerprint density at radius 3 is 2.59 bits per heavy atom. The Morgan fingerprint density at radius 1 is 1.29 bits per heavy atom. The van der Waals surface area contributed by atoms with Gasteiger partial charge < -0.3 is 14.5 Å². The molecule has 2 aromatic rings. The molecule has 0 saturated heterocycles. The highest BCUT2D eigenvalue weighted by molar-refractivity contribution is 6.30. The first-order chi connectivity index (χ1) is 8.20. The summed E-state index contributed by atoms with van der Waals surface area (Å²) in [6.07, 6.45) is 1.51. The van der Waals surface area contributed by atoms with Crippen LogP contribution in [0, 0.1) is 0 Å². The molecule has 0 atom stereocenters. The number of carbonyl (C=O) groups excluding carboxylic acids is 1. The molecule has 1 aromatic carbocycles. The predicted molar refractivity (Wildman–Crippen MR) is 63.8 cm³/mol. The summed E-state index contributed by atoms with van der Waals surface area (Å²) in [7, 11) is 1.51. The molecular formula is C12H10ClNO3. The molecule has 1 N–H and O–H groups in total. The molecule has 1 heterocycles. The third kappa shape index (κ3) is 2.60. The average molecular weight is 252 g/mol. The SMILES string of the molecule is COc1ccccc1OC(=O)c1cc(Cl)c[nH]1. The van der Waals surface area contributed by atoms with Gasteiger partial charge in [-0.05, 0) is 18.2 Å². The van der Waals surface area contributed by atoms with Gasteiger partial charge in [0.2, 0.25) is 0 Å². The molecule has 0 aliphatic carbocycles. The van der Waals surface area contributed by atoms with Crippen molar-refractivity contribution in [1.29, 1.82) is 0 Å². The van der Waals surface area contributed by atoms with Crippen LogP contribution in [0.3, 0.4) is 0 Å². The number of carbonyl (C=O) groups is 1. The molecule has 0 aliphatic rings. The quantitative estimate of drug-likeness (QED) is 0.674. The Balaban J connectivity index is 2.18. The van der Waals surface area contributed by atoms with E-state index in [-0.39, 0.29) is 0 Å². The molecule has 0 aliphatic heterocycles. The molecule has 0 bridgehead atoms. The van der Waals surface area contributed by atoms with Crippen LogP contribution in [0.25, 0.3) is 0 Å². The highest BCUT2D eigenvalue weighted by atomic mass is 35.5. The zero-order valence-electron chi connectivity index (χ0n) is 9.07. The van der Waals surface area contributed by atoms with Crippen molar-refractivity contribution >= 4 is 17.6 Å². The molecular weight excluding hydrogens is 242 g/mol. The monoisotopic (exact) mass is 251 g/mol. The first-order valence-corrected chi connectivity index (χ1v) is 5.27. The molecule has 0 fully saturated rings. The lowest BCUT2D eigenvalue weighted by molar-refractivity contribution is 0.0724. The fraction of sp³-hybridized carbons (Fsp3) is 0.0833. The number of hydrogen-bond donors (Lipinski definition) is 1. The number of methoxy groups -OCH3 is 1. The van der Waals surface area contributed by atoms with Crippen LogP contribution in [0.15, 0.2) is 36.5 Å². The highest BCUT2D eigenvalue weighted by Crippen LogP contribution is 2.26. The van der Waals surface area contributed by atoms with Gasteiger partial charge in [0, 0.05) is 6.20 Å². The maximum Gasteiger partial charge on any atom is 0.360 e. The van der Waals surface area contributed by atoms with E-state index in [1.807, 2.05) is 0 Å². The lowest BCUT2D eigenvalue weighted by Crippen LogP contribution is -2.09. The zero-order valence-corrected chi connectivity index (χ0v) is 9.82. The normalized spacial score (nSPS) is 10.0. The molecule has 88 valence electrons. The summed E-state index contributed by atoms with van der Waals surface area (Å²) in [6, 6.07) is 8.42. The first-order valence-electron chi connectivity index (χ1n) is 4.90. The minimum Gasteiger partial charge on any atom is -0.493 e. The van der Waals surface area contributed by atoms with E-state index in [0.29, 0.717) is 22.2 Å². The van der Waals surface area contributed by atoms with Crippen molar-refractivity contribution in [1.82, 2.24) is 4.98 Å². The molecule has 0 radical (unpaired) electrons. The number of rotatable bonds is 3. The Labute approximate surface area is 103 Å². The number of nitrogens with one attached hydrogen (secondary N) is 1. The van der Waals surface area contributed by atoms with E-state index < -0.39 is 5.97 Å². The van der Waals surface area contributed by atoms with Crippen LogP contribution in [0.2, 0.25) is 5.02 Å². The van der Waals surface area contributed by atoms with E-state index >= 15 is 0 Å². The van der Waals surface area contributed by atoms with Crippen molar-refractivity contribution in [2.24, 2.45) is 0 Å². The second-order valence-corrected chi connectivity index (χ2v) is 3.71. The molecule has 4 nitrogen and oxygen atoms in total. The minimum atomic E-state index is -0.513. The minimum absolute atomic E-state index is 0.293. The van der Waals surface area contributed by atoms with E-state index in [0.717, 1.165) is 0 Å². The summed E-state index contributed by atoms with van der Waals surface area (Å²) < 4.78 is 10.3. The smallest absolute Gasteiger partial charge is 0.360 e. The van der Waals surface area contributed by atoms with Gasteiger partial charge in [0.25, 0.3) is 0 Å². The number of aromatic amines is 1. The Hall–Kier alpha value is -1.94. The number of para-hydroxylation sites is 2. The van der Waals surface area contributed by atoms with Gasteiger partial charge in [0.1, 0.15) is 5.69 Å². The summed E-state index contributed by atoms with van der Waals surface area (Å²) in [5, 5.41) is 0.456. The van der Waals surface area contributed by atoms with Gasteiger partial charge in [-0.1, -0.05) is 23.7 Å². The molecule has 2 rings (SSSR count). The predicted octanol–water partition coefficient (Wildman–Crippen LogP) is 2.90. The molecule has 0 spiro atoms. The topological polar surface area (TPSA) is 51.3 Å². The van der Waals surface area contributed by atoms with Gasteiger partial charge in [0.05, 0.1) is 12.1 Å². The largest absolute Gasteiger partial charge is 0.493 e. The lowest BCUT2D eigenvalue weighted by atomic mass is 10.3. The van der Waals surface area contributed by atoms with E-state index in [1.165, 1.54) is 19.4 Å². The summed E-state index contributed by atoms with van der Waals surface area (Å²) in [4.78, 5) is 14.4. The highest BCUT2D eigenvalue weighted by Gasteiger charge is 2.13. The standard InChI is InChI=1S/C12H10ClNO3/c1-16-10-4-2-3-5-11(10)17-12(15)9-6-8(13)7-14-9/h2-7,14H,1H3. The number of halogens is 1. The van der Waals surface area contributed by atoms with Crippen LogP contribution in [-0.4, -0.2) is 18.1 Å². The number of aromatic nitrogens is 1. The fourth-order valence-corrected chi connectivity index (χ4v) is 1.51. The van der Waals surface area contributed by atoms with E-state index in [4.69, 9.17) is 21.1 Å². The van der Waals surface area contributed by atoms with Crippen LogP contribution >= 0.6 is 11.6 Å². The van der Waals surface area contributed by atoms with Gasteiger partial charge in [-0.25, -0.2) is 4.79 Å². The summed E-state index contributed by atoms with van der Waals surface area (Å²) in [5.41, 5.74) is 0.293. The van der Waals surface area contributed by atoms with Crippen LogP contribution in [0.4, 0.5) is 0 Å². The second-order valence-electron chi connectivity index (χ2n) is 3.27.